The van der Waals surface area contributed by atoms with Crippen molar-refractivity contribution < 1.29 is 19.4 Å². The lowest BCUT2D eigenvalue weighted by Gasteiger charge is -2.06. The third-order valence-corrected chi connectivity index (χ3v) is 8.40. The summed E-state index contributed by atoms with van der Waals surface area (Å²) in [6.45, 7) is 0.996. The van der Waals surface area contributed by atoms with Crippen LogP contribution in [0.3, 0.4) is 0 Å². The molecule has 4 heterocycles. The van der Waals surface area contributed by atoms with Crippen molar-refractivity contribution in [2.45, 2.75) is 13.1 Å². The number of methoxy groups -OCH3 is 1. The molecule has 10 nitrogen and oxygen atoms in total. The highest BCUT2D eigenvalue weighted by Crippen LogP contribution is 2.24. The lowest BCUT2D eigenvalue weighted by atomic mass is 10.1. The number of nitrogens with zero attached hydrogens (tertiary/aromatic N) is 6. The normalized spacial score (nSPS) is 11.2. The molecule has 0 radical (unpaired) electrons. The van der Waals surface area contributed by atoms with Crippen molar-refractivity contribution in [3.8, 4) is 0 Å². The number of carboxylic acid groups (broad SMARTS) is 1. The summed E-state index contributed by atoms with van der Waals surface area (Å²) in [5, 5.41) is 22.5. The first-order valence-corrected chi connectivity index (χ1v) is 15.8. The Morgan fingerprint density at radius 3 is 1.63 bits per heavy atom. The van der Waals surface area contributed by atoms with Crippen LogP contribution in [0, 0.1) is 0 Å². The van der Waals surface area contributed by atoms with Crippen molar-refractivity contribution in [1.82, 2.24) is 29.5 Å². The largest absolute Gasteiger partial charge is 0.476 e. The van der Waals surface area contributed by atoms with Gasteiger partial charge in [0.05, 0.1) is 52.3 Å². The lowest BCUT2D eigenvalue weighted by molar-refractivity contribution is 0.0594. The maximum atomic E-state index is 12.0. The first kappa shape index (κ1) is 31.7. The summed E-state index contributed by atoms with van der Waals surface area (Å²) in [4.78, 5) is 32.0. The van der Waals surface area contributed by atoms with Gasteiger partial charge in [0.25, 0.3) is 0 Å². The summed E-state index contributed by atoms with van der Waals surface area (Å²) in [5.41, 5.74) is 5.84. The van der Waals surface area contributed by atoms with Crippen LogP contribution in [0.1, 0.15) is 32.1 Å². The minimum Gasteiger partial charge on any atom is -0.476 e. The molecule has 8 rings (SSSR count). The minimum atomic E-state index is -1.03. The van der Waals surface area contributed by atoms with Crippen molar-refractivity contribution in [3.63, 3.8) is 0 Å². The molecule has 1 N–H and O–H groups in total. The molecule has 12 heteroatoms. The SMILES string of the molecule is COC(=O)c1nn(Cc2ccc3ncc(Cl)cc3c2)c2ccccc12.O=C(O)c1nn(Cc2ccc3ncc(Cl)cc3c2)c2ccccc12. The van der Waals surface area contributed by atoms with Crippen LogP contribution in [0.15, 0.2) is 109 Å². The van der Waals surface area contributed by atoms with Crippen molar-refractivity contribution >= 4 is 78.8 Å². The predicted octanol–water partition coefficient (Wildman–Crippen LogP) is 8.06. The van der Waals surface area contributed by atoms with E-state index in [-0.39, 0.29) is 5.69 Å². The Hall–Kier alpha value is -5.84. The Morgan fingerprint density at radius 2 is 1.14 bits per heavy atom. The number of fused-ring (bicyclic) bond motifs is 4. The van der Waals surface area contributed by atoms with Gasteiger partial charge in [0.2, 0.25) is 0 Å². The third-order valence-electron chi connectivity index (χ3n) is 7.99. The monoisotopic (exact) mass is 688 g/mol. The molecule has 8 aromatic rings. The number of ether oxygens (including phenoxy) is 1. The fraction of sp³-hybridized carbons (Fsp3) is 0.0811. The van der Waals surface area contributed by atoms with Crippen LogP contribution in [0.2, 0.25) is 10.0 Å². The van der Waals surface area contributed by atoms with Gasteiger partial charge in [0.1, 0.15) is 0 Å². The van der Waals surface area contributed by atoms with Gasteiger partial charge >= 0.3 is 11.9 Å². The summed E-state index contributed by atoms with van der Waals surface area (Å²) < 4.78 is 8.35. The number of benzene rings is 4. The highest BCUT2D eigenvalue weighted by atomic mass is 35.5. The van der Waals surface area contributed by atoms with Crippen LogP contribution in [-0.2, 0) is 17.8 Å². The van der Waals surface area contributed by atoms with E-state index in [4.69, 9.17) is 27.9 Å². The number of aromatic carboxylic acids is 1. The average Bonchev–Trinajstić information content (AvgIpc) is 3.66. The standard InChI is InChI=1S/C19H14ClN3O2.C18H12ClN3O2/c1-25-19(24)18-15-4-2-3-5-17(15)23(22-18)11-12-6-7-16-13(8-12)9-14(20)10-21-16;19-13-8-12-7-11(5-6-15(12)20-9-13)10-22-16-4-2-1-3-14(16)17(21-22)18(23)24/h2-10H,11H2,1H3;1-9H,10H2,(H,23,24). The van der Waals surface area contributed by atoms with E-state index < -0.39 is 11.9 Å². The zero-order valence-electron chi connectivity index (χ0n) is 25.9. The van der Waals surface area contributed by atoms with Crippen molar-refractivity contribution in [3.05, 3.63) is 142 Å². The fourth-order valence-corrected chi connectivity index (χ4v) is 6.08. The van der Waals surface area contributed by atoms with E-state index in [1.54, 1.807) is 27.8 Å². The Kier molecular flexibility index (Phi) is 8.65. The highest BCUT2D eigenvalue weighted by molar-refractivity contribution is 6.31. The number of carbonyl (C=O) groups is 2. The van der Waals surface area contributed by atoms with Crippen LogP contribution >= 0.6 is 23.2 Å². The van der Waals surface area contributed by atoms with Crippen LogP contribution < -0.4 is 0 Å². The van der Waals surface area contributed by atoms with E-state index in [0.717, 1.165) is 49.4 Å². The van der Waals surface area contributed by atoms with E-state index in [1.165, 1.54) is 7.11 Å². The molecule has 0 bridgehead atoms. The maximum absolute atomic E-state index is 12.0. The van der Waals surface area contributed by atoms with Gasteiger partial charge in [0.15, 0.2) is 11.4 Å². The molecule has 0 saturated carbocycles. The van der Waals surface area contributed by atoms with E-state index in [1.807, 2.05) is 91.0 Å². The zero-order chi connectivity index (χ0) is 34.1. The Labute approximate surface area is 289 Å². The molecule has 0 aliphatic heterocycles. The Bertz CT molecular complexity index is 2550. The summed E-state index contributed by atoms with van der Waals surface area (Å²) in [5.74, 6) is -1.47. The molecule has 0 aliphatic carbocycles. The molecular formula is C37H26Cl2N6O4. The zero-order valence-corrected chi connectivity index (χ0v) is 27.4. The van der Waals surface area contributed by atoms with Gasteiger partial charge in [-0.3, -0.25) is 19.3 Å². The summed E-state index contributed by atoms with van der Waals surface area (Å²) in [6.07, 6.45) is 3.25. The Morgan fingerprint density at radius 1 is 0.673 bits per heavy atom. The van der Waals surface area contributed by atoms with Gasteiger partial charge < -0.3 is 9.84 Å². The fourth-order valence-electron chi connectivity index (χ4n) is 5.75. The molecule has 4 aromatic heterocycles. The van der Waals surface area contributed by atoms with Crippen molar-refractivity contribution in [2.24, 2.45) is 0 Å². The molecule has 0 amide bonds. The van der Waals surface area contributed by atoms with E-state index in [2.05, 4.69) is 20.2 Å². The van der Waals surface area contributed by atoms with Crippen LogP contribution in [0.25, 0.3) is 43.6 Å². The molecule has 0 spiro atoms. The first-order valence-electron chi connectivity index (χ1n) is 15.1. The van der Waals surface area contributed by atoms with Crippen LogP contribution in [0.4, 0.5) is 0 Å². The summed E-state index contributed by atoms with van der Waals surface area (Å²) in [6, 6.07) is 30.5. The second-order valence-electron chi connectivity index (χ2n) is 11.2. The van der Waals surface area contributed by atoms with Gasteiger partial charge in [-0.1, -0.05) is 71.7 Å². The number of aromatic nitrogens is 6. The quantitative estimate of drug-likeness (QED) is 0.174. The number of halogens is 2. The van der Waals surface area contributed by atoms with E-state index in [9.17, 15) is 14.7 Å². The molecular weight excluding hydrogens is 663 g/mol. The Balaban J connectivity index is 0.000000154. The molecule has 242 valence electrons. The van der Waals surface area contributed by atoms with Gasteiger partial charge in [-0.2, -0.15) is 10.2 Å². The van der Waals surface area contributed by atoms with Gasteiger partial charge in [-0.15, -0.1) is 0 Å². The minimum absolute atomic E-state index is 0.0658. The predicted molar refractivity (Wildman–Crippen MR) is 189 cm³/mol. The number of pyridine rings is 2. The lowest BCUT2D eigenvalue weighted by Crippen LogP contribution is -2.06. The van der Waals surface area contributed by atoms with Crippen LogP contribution in [-0.4, -0.2) is 53.7 Å². The average molecular weight is 690 g/mol. The van der Waals surface area contributed by atoms with Gasteiger partial charge in [-0.05, 0) is 59.7 Å². The summed E-state index contributed by atoms with van der Waals surface area (Å²) in [7, 11) is 1.36. The van der Waals surface area contributed by atoms with E-state index in [0.29, 0.717) is 34.2 Å². The number of hydrogen-bond donors (Lipinski definition) is 1. The first-order chi connectivity index (χ1) is 23.8. The maximum Gasteiger partial charge on any atom is 0.359 e. The van der Waals surface area contributed by atoms with Crippen molar-refractivity contribution in [1.29, 1.82) is 0 Å². The van der Waals surface area contributed by atoms with E-state index >= 15 is 0 Å². The number of para-hydroxylation sites is 2. The third kappa shape index (κ3) is 6.52. The molecule has 0 saturated heterocycles. The smallest absolute Gasteiger partial charge is 0.359 e. The van der Waals surface area contributed by atoms with Gasteiger partial charge in [0, 0.05) is 33.9 Å². The number of carbonyl (C=O) groups excluding carboxylic acids is 1. The topological polar surface area (TPSA) is 125 Å². The summed E-state index contributed by atoms with van der Waals surface area (Å²) >= 11 is 12.0. The molecule has 4 aromatic carbocycles. The molecule has 0 atom stereocenters. The molecule has 0 unspecified atom stereocenters. The molecule has 0 fully saturated rings. The highest BCUT2D eigenvalue weighted by Gasteiger charge is 2.18. The molecule has 0 aliphatic rings. The second-order valence-corrected chi connectivity index (χ2v) is 12.1. The van der Waals surface area contributed by atoms with Crippen molar-refractivity contribution in [2.75, 3.05) is 7.11 Å². The second kappa shape index (κ2) is 13.3. The number of rotatable bonds is 6. The molecule has 49 heavy (non-hydrogen) atoms. The van der Waals surface area contributed by atoms with Crippen LogP contribution in [0.5, 0.6) is 0 Å². The number of carboxylic acids is 1. The van der Waals surface area contributed by atoms with Gasteiger partial charge in [-0.25, -0.2) is 9.59 Å². The number of esters is 1. The number of hydrogen-bond acceptors (Lipinski definition) is 7.